The van der Waals surface area contributed by atoms with E-state index in [1.54, 1.807) is 7.11 Å². The van der Waals surface area contributed by atoms with Crippen LogP contribution in [0.3, 0.4) is 0 Å². The molecule has 16 heavy (non-hydrogen) atoms. The van der Waals surface area contributed by atoms with Crippen molar-refractivity contribution in [1.29, 1.82) is 0 Å². The van der Waals surface area contributed by atoms with Gasteiger partial charge in [0.1, 0.15) is 0 Å². The SMILES string of the molecule is CCCC1CCN(CCNCCOC)CC1. The van der Waals surface area contributed by atoms with Gasteiger partial charge in [0.2, 0.25) is 0 Å². The molecule has 0 amide bonds. The average Bonchev–Trinajstić information content (AvgIpc) is 2.31. The maximum atomic E-state index is 5.00. The molecule has 1 rings (SSSR count). The molecule has 0 aromatic carbocycles. The van der Waals surface area contributed by atoms with Gasteiger partial charge >= 0.3 is 0 Å². The molecule has 1 fully saturated rings. The average molecular weight is 228 g/mol. The molecule has 0 radical (unpaired) electrons. The highest BCUT2D eigenvalue weighted by atomic mass is 16.5. The summed E-state index contributed by atoms with van der Waals surface area (Å²) in [4.78, 5) is 2.59. The molecule has 0 bridgehead atoms. The van der Waals surface area contributed by atoms with E-state index in [0.717, 1.165) is 25.6 Å². The zero-order chi connectivity index (χ0) is 11.6. The Morgan fingerprint density at radius 3 is 2.62 bits per heavy atom. The first-order chi connectivity index (χ1) is 7.86. The number of nitrogens with zero attached hydrogens (tertiary/aromatic N) is 1. The van der Waals surface area contributed by atoms with Crippen molar-refractivity contribution in [2.75, 3.05) is 46.4 Å². The van der Waals surface area contributed by atoms with Crippen molar-refractivity contribution in [2.45, 2.75) is 32.6 Å². The minimum absolute atomic E-state index is 0.818. The standard InChI is InChI=1S/C13H28N2O/c1-3-4-13-5-9-15(10-6-13)11-7-14-8-12-16-2/h13-14H,3-12H2,1-2H3. The number of ether oxygens (including phenoxy) is 1. The normalized spacial score (nSPS) is 19.1. The van der Waals surface area contributed by atoms with Crippen LogP contribution < -0.4 is 5.32 Å². The zero-order valence-corrected chi connectivity index (χ0v) is 11.0. The molecular weight excluding hydrogens is 200 g/mol. The van der Waals surface area contributed by atoms with E-state index in [9.17, 15) is 0 Å². The van der Waals surface area contributed by atoms with Gasteiger partial charge in [0.15, 0.2) is 0 Å². The number of hydrogen-bond donors (Lipinski definition) is 1. The number of likely N-dealkylation sites (tertiary alicyclic amines) is 1. The predicted octanol–water partition coefficient (Wildman–Crippen LogP) is 1.73. The van der Waals surface area contributed by atoms with Crippen molar-refractivity contribution in [2.24, 2.45) is 5.92 Å². The van der Waals surface area contributed by atoms with Crippen molar-refractivity contribution < 1.29 is 4.74 Å². The van der Waals surface area contributed by atoms with E-state index in [0.29, 0.717) is 0 Å². The molecule has 0 aromatic heterocycles. The van der Waals surface area contributed by atoms with Crippen LogP contribution in [0.1, 0.15) is 32.6 Å². The highest BCUT2D eigenvalue weighted by Gasteiger charge is 2.17. The summed E-state index contributed by atoms with van der Waals surface area (Å²) in [6.45, 7) is 8.99. The predicted molar refractivity (Wildman–Crippen MR) is 68.8 cm³/mol. The molecule has 1 aliphatic rings. The lowest BCUT2D eigenvalue weighted by molar-refractivity contribution is 0.173. The first-order valence-corrected chi connectivity index (χ1v) is 6.78. The molecule has 3 heteroatoms. The maximum absolute atomic E-state index is 5.00. The smallest absolute Gasteiger partial charge is 0.0587 e. The molecule has 1 heterocycles. The molecule has 3 nitrogen and oxygen atoms in total. The zero-order valence-electron chi connectivity index (χ0n) is 11.0. The first kappa shape index (κ1) is 13.9. The van der Waals surface area contributed by atoms with E-state index < -0.39 is 0 Å². The molecule has 1 N–H and O–H groups in total. The molecule has 0 aromatic rings. The molecule has 0 aliphatic carbocycles. The van der Waals surface area contributed by atoms with Gasteiger partial charge in [0, 0.05) is 26.7 Å². The van der Waals surface area contributed by atoms with E-state index in [2.05, 4.69) is 17.1 Å². The van der Waals surface area contributed by atoms with Crippen molar-refractivity contribution in [3.63, 3.8) is 0 Å². The van der Waals surface area contributed by atoms with E-state index in [-0.39, 0.29) is 0 Å². The van der Waals surface area contributed by atoms with Crippen molar-refractivity contribution in [3.05, 3.63) is 0 Å². The molecule has 0 spiro atoms. The lowest BCUT2D eigenvalue weighted by atomic mass is 9.92. The fourth-order valence-electron chi connectivity index (χ4n) is 2.44. The summed E-state index contributed by atoms with van der Waals surface area (Å²) < 4.78 is 5.00. The Hall–Kier alpha value is -0.120. The van der Waals surface area contributed by atoms with Crippen molar-refractivity contribution in [1.82, 2.24) is 10.2 Å². The Labute approximate surface area is 101 Å². The van der Waals surface area contributed by atoms with Crippen LogP contribution in [0.25, 0.3) is 0 Å². The van der Waals surface area contributed by atoms with E-state index in [1.807, 2.05) is 0 Å². The molecule has 96 valence electrons. The van der Waals surface area contributed by atoms with Gasteiger partial charge in [-0.15, -0.1) is 0 Å². The van der Waals surface area contributed by atoms with Crippen LogP contribution >= 0.6 is 0 Å². The lowest BCUT2D eigenvalue weighted by Crippen LogP contribution is -2.38. The number of nitrogens with one attached hydrogen (secondary N) is 1. The lowest BCUT2D eigenvalue weighted by Gasteiger charge is -2.31. The Balaban J connectivity index is 1.95. The number of methoxy groups -OCH3 is 1. The van der Waals surface area contributed by atoms with Crippen LogP contribution in [0.2, 0.25) is 0 Å². The molecule has 0 atom stereocenters. The summed E-state index contributed by atoms with van der Waals surface area (Å²) in [6, 6.07) is 0. The molecule has 0 saturated carbocycles. The highest BCUT2D eigenvalue weighted by Crippen LogP contribution is 2.21. The monoisotopic (exact) mass is 228 g/mol. The fourth-order valence-corrected chi connectivity index (χ4v) is 2.44. The van der Waals surface area contributed by atoms with Crippen LogP contribution in [-0.2, 0) is 4.74 Å². The van der Waals surface area contributed by atoms with Crippen LogP contribution in [0.15, 0.2) is 0 Å². The minimum atomic E-state index is 0.818. The topological polar surface area (TPSA) is 24.5 Å². The third-order valence-corrected chi connectivity index (χ3v) is 3.49. The molecular formula is C13H28N2O. The van der Waals surface area contributed by atoms with Gasteiger partial charge in [-0.3, -0.25) is 0 Å². The van der Waals surface area contributed by atoms with Gasteiger partial charge in [0.25, 0.3) is 0 Å². The number of hydrogen-bond acceptors (Lipinski definition) is 3. The largest absolute Gasteiger partial charge is 0.383 e. The fraction of sp³-hybridized carbons (Fsp3) is 1.00. The Kier molecular flexibility index (Phi) is 7.81. The van der Waals surface area contributed by atoms with Gasteiger partial charge in [-0.1, -0.05) is 19.8 Å². The van der Waals surface area contributed by atoms with Crippen LogP contribution in [0.4, 0.5) is 0 Å². The van der Waals surface area contributed by atoms with Gasteiger partial charge in [-0.25, -0.2) is 0 Å². The number of rotatable bonds is 8. The Morgan fingerprint density at radius 1 is 1.25 bits per heavy atom. The Bertz CT molecular complexity index is 156. The summed E-state index contributed by atoms with van der Waals surface area (Å²) in [5, 5.41) is 3.40. The molecule has 1 saturated heterocycles. The van der Waals surface area contributed by atoms with E-state index in [4.69, 9.17) is 4.74 Å². The summed E-state index contributed by atoms with van der Waals surface area (Å²) in [5.74, 6) is 1.00. The minimum Gasteiger partial charge on any atom is -0.383 e. The first-order valence-electron chi connectivity index (χ1n) is 6.78. The second-order valence-electron chi connectivity index (χ2n) is 4.82. The number of piperidine rings is 1. The second kappa shape index (κ2) is 8.97. The second-order valence-corrected chi connectivity index (χ2v) is 4.82. The Morgan fingerprint density at radius 2 is 2.00 bits per heavy atom. The van der Waals surface area contributed by atoms with Gasteiger partial charge in [0.05, 0.1) is 6.61 Å². The van der Waals surface area contributed by atoms with Crippen LogP contribution in [0.5, 0.6) is 0 Å². The highest BCUT2D eigenvalue weighted by molar-refractivity contribution is 4.72. The summed E-state index contributed by atoms with van der Waals surface area (Å²) in [5.41, 5.74) is 0. The molecule has 1 aliphatic heterocycles. The summed E-state index contributed by atoms with van der Waals surface area (Å²) in [7, 11) is 1.75. The quantitative estimate of drug-likeness (QED) is 0.640. The summed E-state index contributed by atoms with van der Waals surface area (Å²) >= 11 is 0. The third-order valence-electron chi connectivity index (χ3n) is 3.49. The van der Waals surface area contributed by atoms with Gasteiger partial charge in [-0.2, -0.15) is 0 Å². The van der Waals surface area contributed by atoms with Gasteiger partial charge in [-0.05, 0) is 31.8 Å². The van der Waals surface area contributed by atoms with Crippen LogP contribution in [0, 0.1) is 5.92 Å². The van der Waals surface area contributed by atoms with Crippen molar-refractivity contribution in [3.8, 4) is 0 Å². The third kappa shape index (κ3) is 5.83. The summed E-state index contributed by atoms with van der Waals surface area (Å²) in [6.07, 6.45) is 5.60. The van der Waals surface area contributed by atoms with Crippen LogP contribution in [-0.4, -0.2) is 51.3 Å². The van der Waals surface area contributed by atoms with Gasteiger partial charge < -0.3 is 15.0 Å². The van der Waals surface area contributed by atoms with E-state index >= 15 is 0 Å². The molecule has 0 unspecified atom stereocenters. The van der Waals surface area contributed by atoms with E-state index in [1.165, 1.54) is 45.3 Å². The maximum Gasteiger partial charge on any atom is 0.0587 e. The van der Waals surface area contributed by atoms with Crippen molar-refractivity contribution >= 4 is 0 Å².